The molecule has 1 heterocycles. The molecule has 1 aromatic heterocycles. The SMILES string of the molecule is CON(C)c1nc(N)nc(C(C)Cl)n1. The number of halogens is 1. The van der Waals surface area contributed by atoms with Gasteiger partial charge in [0.2, 0.25) is 5.95 Å². The Bertz CT molecular complexity index is 319. The molecule has 0 saturated heterocycles. The average molecular weight is 218 g/mol. The van der Waals surface area contributed by atoms with Crippen molar-refractivity contribution in [2.24, 2.45) is 0 Å². The van der Waals surface area contributed by atoms with Crippen LogP contribution < -0.4 is 10.8 Å². The van der Waals surface area contributed by atoms with Crippen molar-refractivity contribution in [3.05, 3.63) is 5.82 Å². The highest BCUT2D eigenvalue weighted by Crippen LogP contribution is 2.17. The van der Waals surface area contributed by atoms with Gasteiger partial charge in [-0.1, -0.05) is 0 Å². The topological polar surface area (TPSA) is 77.2 Å². The third-order valence-electron chi connectivity index (χ3n) is 1.57. The maximum absolute atomic E-state index is 5.83. The summed E-state index contributed by atoms with van der Waals surface area (Å²) in [5.41, 5.74) is 5.49. The third kappa shape index (κ3) is 2.43. The number of hydrogen-bond acceptors (Lipinski definition) is 6. The van der Waals surface area contributed by atoms with Crippen molar-refractivity contribution in [3.63, 3.8) is 0 Å². The second-order valence-electron chi connectivity index (χ2n) is 2.65. The first-order chi connectivity index (χ1) is 6.54. The molecule has 0 bridgehead atoms. The summed E-state index contributed by atoms with van der Waals surface area (Å²) in [7, 11) is 3.17. The Balaban J connectivity index is 3.07. The Morgan fingerprint density at radius 3 is 2.57 bits per heavy atom. The molecule has 7 heteroatoms. The summed E-state index contributed by atoms with van der Waals surface area (Å²) in [4.78, 5) is 16.8. The molecule has 78 valence electrons. The van der Waals surface area contributed by atoms with Crippen LogP contribution in [0.2, 0.25) is 0 Å². The number of nitrogens with zero attached hydrogens (tertiary/aromatic N) is 4. The summed E-state index contributed by atoms with van der Waals surface area (Å²) in [6, 6.07) is 0. The van der Waals surface area contributed by atoms with E-state index in [0.717, 1.165) is 0 Å². The Hall–Kier alpha value is -1.14. The van der Waals surface area contributed by atoms with Crippen LogP contribution in [0, 0.1) is 0 Å². The van der Waals surface area contributed by atoms with Gasteiger partial charge in [0.1, 0.15) is 0 Å². The molecule has 0 aliphatic carbocycles. The van der Waals surface area contributed by atoms with E-state index in [1.54, 1.807) is 14.0 Å². The number of hydroxylamine groups is 1. The minimum absolute atomic E-state index is 0.126. The molecule has 1 unspecified atom stereocenters. The number of nitrogens with two attached hydrogens (primary N) is 1. The van der Waals surface area contributed by atoms with E-state index in [4.69, 9.17) is 22.2 Å². The zero-order valence-electron chi connectivity index (χ0n) is 8.23. The summed E-state index contributed by atoms with van der Waals surface area (Å²) in [6.45, 7) is 1.76. The van der Waals surface area contributed by atoms with E-state index >= 15 is 0 Å². The van der Waals surface area contributed by atoms with Crippen LogP contribution in [0.4, 0.5) is 11.9 Å². The number of aromatic nitrogens is 3. The van der Waals surface area contributed by atoms with Crippen LogP contribution in [0.5, 0.6) is 0 Å². The lowest BCUT2D eigenvalue weighted by molar-refractivity contribution is 0.179. The summed E-state index contributed by atoms with van der Waals surface area (Å²) < 4.78 is 0. The fourth-order valence-electron chi connectivity index (χ4n) is 0.798. The second kappa shape index (κ2) is 4.39. The van der Waals surface area contributed by atoms with Crippen molar-refractivity contribution in [2.45, 2.75) is 12.3 Å². The van der Waals surface area contributed by atoms with Gasteiger partial charge in [0, 0.05) is 7.05 Å². The molecule has 6 nitrogen and oxygen atoms in total. The van der Waals surface area contributed by atoms with E-state index in [1.165, 1.54) is 12.2 Å². The lowest BCUT2D eigenvalue weighted by atomic mass is 10.4. The van der Waals surface area contributed by atoms with E-state index < -0.39 is 0 Å². The first-order valence-corrected chi connectivity index (χ1v) is 4.41. The summed E-state index contributed by atoms with van der Waals surface area (Å²) in [5.74, 6) is 0.891. The predicted molar refractivity (Wildman–Crippen MR) is 53.9 cm³/mol. The van der Waals surface area contributed by atoms with E-state index in [0.29, 0.717) is 11.8 Å². The average Bonchev–Trinajstić information content (AvgIpc) is 2.15. The number of rotatable bonds is 3. The third-order valence-corrected chi connectivity index (χ3v) is 1.76. The first-order valence-electron chi connectivity index (χ1n) is 3.98. The van der Waals surface area contributed by atoms with Gasteiger partial charge in [0.15, 0.2) is 5.82 Å². The Morgan fingerprint density at radius 1 is 1.43 bits per heavy atom. The van der Waals surface area contributed by atoms with Gasteiger partial charge in [-0.3, -0.25) is 4.84 Å². The van der Waals surface area contributed by atoms with E-state index in [-0.39, 0.29) is 11.3 Å². The van der Waals surface area contributed by atoms with Crippen molar-refractivity contribution >= 4 is 23.5 Å². The molecule has 1 atom stereocenters. The highest BCUT2D eigenvalue weighted by molar-refractivity contribution is 6.20. The molecule has 1 rings (SSSR count). The molecule has 0 amide bonds. The predicted octanol–water partition coefficient (Wildman–Crippen LogP) is 0.751. The molecule has 0 radical (unpaired) electrons. The maximum atomic E-state index is 5.83. The molecule has 0 aliphatic rings. The Labute approximate surface area is 87.0 Å². The fourth-order valence-corrected chi connectivity index (χ4v) is 0.895. The van der Waals surface area contributed by atoms with Gasteiger partial charge < -0.3 is 5.73 Å². The molecule has 0 spiro atoms. The second-order valence-corrected chi connectivity index (χ2v) is 3.30. The van der Waals surface area contributed by atoms with Crippen LogP contribution in [-0.4, -0.2) is 29.1 Å². The molecule has 0 saturated carbocycles. The van der Waals surface area contributed by atoms with Gasteiger partial charge in [-0.25, -0.2) is 5.06 Å². The lowest BCUT2D eigenvalue weighted by Gasteiger charge is -2.14. The Kier molecular flexibility index (Phi) is 3.43. The van der Waals surface area contributed by atoms with Gasteiger partial charge in [0.25, 0.3) is 5.95 Å². The van der Waals surface area contributed by atoms with Crippen molar-refractivity contribution in [1.29, 1.82) is 0 Å². The highest BCUT2D eigenvalue weighted by Gasteiger charge is 2.11. The van der Waals surface area contributed by atoms with Gasteiger partial charge >= 0.3 is 0 Å². The van der Waals surface area contributed by atoms with Gasteiger partial charge in [-0.05, 0) is 6.92 Å². The summed E-state index contributed by atoms with van der Waals surface area (Å²) in [5, 5.41) is 1.06. The normalized spacial score (nSPS) is 12.6. The number of alkyl halides is 1. The van der Waals surface area contributed by atoms with Crippen molar-refractivity contribution in [1.82, 2.24) is 15.0 Å². The minimum Gasteiger partial charge on any atom is -0.368 e. The van der Waals surface area contributed by atoms with Crippen LogP contribution in [0.1, 0.15) is 18.1 Å². The molecule has 1 aromatic rings. The monoisotopic (exact) mass is 217 g/mol. The number of anilines is 2. The Morgan fingerprint density at radius 2 is 2.07 bits per heavy atom. The van der Waals surface area contributed by atoms with Crippen molar-refractivity contribution in [2.75, 3.05) is 25.0 Å². The van der Waals surface area contributed by atoms with Crippen LogP contribution in [0.3, 0.4) is 0 Å². The number of nitrogen functional groups attached to an aromatic ring is 1. The van der Waals surface area contributed by atoms with Crippen molar-refractivity contribution < 1.29 is 4.84 Å². The van der Waals surface area contributed by atoms with Gasteiger partial charge in [-0.2, -0.15) is 15.0 Å². The molecular formula is C7H12ClN5O. The van der Waals surface area contributed by atoms with E-state index in [2.05, 4.69) is 15.0 Å². The molecule has 0 aromatic carbocycles. The van der Waals surface area contributed by atoms with Crippen molar-refractivity contribution in [3.8, 4) is 0 Å². The maximum Gasteiger partial charge on any atom is 0.254 e. The van der Waals surface area contributed by atoms with Crippen LogP contribution in [0.25, 0.3) is 0 Å². The minimum atomic E-state index is -0.315. The highest BCUT2D eigenvalue weighted by atomic mass is 35.5. The number of hydrogen-bond donors (Lipinski definition) is 1. The first kappa shape index (κ1) is 10.9. The molecule has 0 fully saturated rings. The smallest absolute Gasteiger partial charge is 0.254 e. The van der Waals surface area contributed by atoms with Gasteiger partial charge in [0.05, 0.1) is 12.5 Å². The zero-order chi connectivity index (χ0) is 10.7. The molecule has 2 N–H and O–H groups in total. The van der Waals surface area contributed by atoms with Crippen LogP contribution in [-0.2, 0) is 4.84 Å². The molecule has 0 aliphatic heterocycles. The van der Waals surface area contributed by atoms with Crippen LogP contribution >= 0.6 is 11.6 Å². The summed E-state index contributed by atoms with van der Waals surface area (Å²) in [6.07, 6.45) is 0. The summed E-state index contributed by atoms with van der Waals surface area (Å²) >= 11 is 5.83. The standard InChI is InChI=1S/C7H12ClN5O/c1-4(8)5-10-6(9)12-7(11-5)13(2)14-3/h4H,1-3H3,(H2,9,10,11,12). The lowest BCUT2D eigenvalue weighted by Crippen LogP contribution is -2.20. The van der Waals surface area contributed by atoms with Gasteiger partial charge in [-0.15, -0.1) is 11.6 Å². The van der Waals surface area contributed by atoms with Crippen LogP contribution in [0.15, 0.2) is 0 Å². The quantitative estimate of drug-likeness (QED) is 0.595. The largest absolute Gasteiger partial charge is 0.368 e. The van der Waals surface area contributed by atoms with E-state index in [9.17, 15) is 0 Å². The zero-order valence-corrected chi connectivity index (χ0v) is 8.99. The van der Waals surface area contributed by atoms with E-state index in [1.807, 2.05) is 0 Å². The molecular weight excluding hydrogens is 206 g/mol. The fraction of sp³-hybridized carbons (Fsp3) is 0.571. The molecule has 14 heavy (non-hydrogen) atoms.